The Morgan fingerprint density at radius 1 is 0.933 bits per heavy atom. The van der Waals surface area contributed by atoms with Gasteiger partial charge in [-0.3, -0.25) is 13.9 Å². The molecule has 242 valence electrons. The molecule has 1 unspecified atom stereocenters. The third-order valence-electron chi connectivity index (χ3n) is 8.00. The van der Waals surface area contributed by atoms with Crippen molar-refractivity contribution in [1.82, 2.24) is 10.2 Å². The first-order valence-electron chi connectivity index (χ1n) is 15.2. The van der Waals surface area contributed by atoms with Gasteiger partial charge in [0.25, 0.3) is 10.0 Å². The normalized spacial score (nSPS) is 14.0. The Morgan fingerprint density at radius 2 is 1.58 bits per heavy atom. The number of hydrogen-bond acceptors (Lipinski definition) is 7. The monoisotopic (exact) mass is 637 g/mol. The van der Waals surface area contributed by atoms with Gasteiger partial charge in [-0.1, -0.05) is 42.7 Å². The summed E-state index contributed by atoms with van der Waals surface area (Å²) >= 11 is 0. The van der Waals surface area contributed by atoms with Crippen LogP contribution in [-0.4, -0.2) is 64.6 Å². The highest BCUT2D eigenvalue weighted by Crippen LogP contribution is 2.33. The molecule has 1 atom stereocenters. The van der Waals surface area contributed by atoms with Crippen LogP contribution in [0.5, 0.6) is 17.2 Å². The fourth-order valence-electron chi connectivity index (χ4n) is 5.37. The van der Waals surface area contributed by atoms with E-state index in [1.807, 2.05) is 38.1 Å². The Balaban J connectivity index is 1.72. The van der Waals surface area contributed by atoms with Crippen LogP contribution in [0.25, 0.3) is 0 Å². The molecule has 11 heteroatoms. The summed E-state index contributed by atoms with van der Waals surface area (Å²) in [6.07, 6.45) is 3.91. The zero-order valence-corrected chi connectivity index (χ0v) is 27.4. The Bertz CT molecular complexity index is 1550. The molecule has 0 radical (unpaired) electrons. The van der Waals surface area contributed by atoms with Crippen LogP contribution in [0.3, 0.4) is 0 Å². The van der Waals surface area contributed by atoms with Crippen molar-refractivity contribution in [3.8, 4) is 17.2 Å². The van der Waals surface area contributed by atoms with E-state index < -0.39 is 28.5 Å². The number of carbonyl (C=O) groups excluding carboxylic acids is 2. The van der Waals surface area contributed by atoms with Gasteiger partial charge in [0.1, 0.15) is 18.3 Å². The number of ether oxygens (including phenoxy) is 3. The fraction of sp³-hybridized carbons (Fsp3) is 0.412. The molecule has 2 amide bonds. The molecule has 1 N–H and O–H groups in total. The molecule has 0 heterocycles. The smallest absolute Gasteiger partial charge is 0.264 e. The summed E-state index contributed by atoms with van der Waals surface area (Å²) in [6, 6.07) is 17.7. The van der Waals surface area contributed by atoms with Crippen LogP contribution >= 0.6 is 0 Å². The van der Waals surface area contributed by atoms with Gasteiger partial charge in [-0.25, -0.2) is 8.42 Å². The summed E-state index contributed by atoms with van der Waals surface area (Å²) in [4.78, 5) is 29.0. The Morgan fingerprint density at radius 3 is 2.18 bits per heavy atom. The molecule has 1 aliphatic carbocycles. The van der Waals surface area contributed by atoms with Gasteiger partial charge in [0.15, 0.2) is 11.5 Å². The second-order valence-electron chi connectivity index (χ2n) is 11.1. The fourth-order valence-corrected chi connectivity index (χ4v) is 6.80. The highest BCUT2D eigenvalue weighted by atomic mass is 32.2. The summed E-state index contributed by atoms with van der Waals surface area (Å²) < 4.78 is 45.8. The number of nitrogens with one attached hydrogen (secondary N) is 1. The minimum Gasteiger partial charge on any atom is -0.494 e. The molecule has 0 saturated heterocycles. The van der Waals surface area contributed by atoms with E-state index in [2.05, 4.69) is 5.32 Å². The highest BCUT2D eigenvalue weighted by Gasteiger charge is 2.34. The van der Waals surface area contributed by atoms with Gasteiger partial charge >= 0.3 is 0 Å². The van der Waals surface area contributed by atoms with Crippen LogP contribution in [0.4, 0.5) is 5.69 Å². The highest BCUT2D eigenvalue weighted by molar-refractivity contribution is 7.92. The van der Waals surface area contributed by atoms with Crippen molar-refractivity contribution < 1.29 is 32.2 Å². The predicted molar refractivity (Wildman–Crippen MR) is 173 cm³/mol. The Hall–Kier alpha value is -4.25. The molecule has 0 bridgehead atoms. The molecule has 1 saturated carbocycles. The second kappa shape index (κ2) is 15.2. The largest absolute Gasteiger partial charge is 0.494 e. The summed E-state index contributed by atoms with van der Waals surface area (Å²) in [5, 5.41) is 3.09. The van der Waals surface area contributed by atoms with Crippen LogP contribution in [0.15, 0.2) is 71.6 Å². The summed E-state index contributed by atoms with van der Waals surface area (Å²) in [5.74, 6) is 0.371. The van der Waals surface area contributed by atoms with E-state index >= 15 is 0 Å². The maximum Gasteiger partial charge on any atom is 0.264 e. The van der Waals surface area contributed by atoms with Gasteiger partial charge in [-0.2, -0.15) is 0 Å². The molecule has 45 heavy (non-hydrogen) atoms. The molecule has 0 spiro atoms. The minimum atomic E-state index is -4.30. The van der Waals surface area contributed by atoms with Crippen molar-refractivity contribution in [2.75, 3.05) is 31.7 Å². The lowest BCUT2D eigenvalue weighted by molar-refractivity contribution is -0.139. The second-order valence-corrected chi connectivity index (χ2v) is 13.0. The molecular weight excluding hydrogens is 594 g/mol. The molecule has 1 aliphatic rings. The first-order chi connectivity index (χ1) is 21.6. The van der Waals surface area contributed by atoms with E-state index in [4.69, 9.17) is 14.2 Å². The summed E-state index contributed by atoms with van der Waals surface area (Å²) in [7, 11) is -1.42. The zero-order valence-electron chi connectivity index (χ0n) is 26.6. The zero-order chi connectivity index (χ0) is 32.6. The molecule has 10 nitrogen and oxygen atoms in total. The molecule has 3 aromatic carbocycles. The van der Waals surface area contributed by atoms with E-state index in [1.54, 1.807) is 31.2 Å². The van der Waals surface area contributed by atoms with E-state index in [1.165, 1.54) is 37.3 Å². The molecule has 3 aromatic rings. The van der Waals surface area contributed by atoms with Gasteiger partial charge in [0, 0.05) is 18.7 Å². The average Bonchev–Trinajstić information content (AvgIpc) is 3.56. The van der Waals surface area contributed by atoms with E-state index in [-0.39, 0.29) is 34.8 Å². The Labute approximate surface area is 266 Å². The maximum absolute atomic E-state index is 14.2. The number of rotatable bonds is 14. The molecular formula is C34H43N3O7S. The van der Waals surface area contributed by atoms with Crippen LogP contribution in [0.2, 0.25) is 0 Å². The lowest BCUT2D eigenvalue weighted by atomic mass is 10.1. The molecule has 0 aliphatic heterocycles. The Kier molecular flexibility index (Phi) is 11.3. The number of carbonyl (C=O) groups is 2. The van der Waals surface area contributed by atoms with Crippen LogP contribution in [0.1, 0.15) is 50.7 Å². The quantitative estimate of drug-likeness (QED) is 0.262. The number of methoxy groups -OCH3 is 2. The number of sulfonamides is 1. The van der Waals surface area contributed by atoms with Crippen LogP contribution in [0, 0.1) is 6.92 Å². The number of aryl methyl sites for hydroxylation is 1. The number of hydrogen-bond donors (Lipinski definition) is 1. The number of amides is 2. The van der Waals surface area contributed by atoms with Crippen molar-refractivity contribution in [3.63, 3.8) is 0 Å². The lowest BCUT2D eigenvalue weighted by Crippen LogP contribution is -2.52. The third-order valence-corrected chi connectivity index (χ3v) is 9.77. The standard InChI is InChI=1S/C34H43N3O7S/c1-6-44-29-17-15-28(16-18-29)37(45(40,41)30-19-20-31(42-4)32(21-30)43-5)23-33(38)36(22-26-13-11-24(2)12-14-26)25(3)34(39)35-27-9-7-8-10-27/h11-21,25,27H,6-10,22-23H2,1-5H3,(H,35,39). The third kappa shape index (κ3) is 8.27. The van der Waals surface area contributed by atoms with Crippen molar-refractivity contribution >= 4 is 27.5 Å². The number of benzene rings is 3. The van der Waals surface area contributed by atoms with Crippen molar-refractivity contribution in [3.05, 3.63) is 77.9 Å². The average molecular weight is 638 g/mol. The van der Waals surface area contributed by atoms with Gasteiger partial charge in [0.05, 0.1) is 31.4 Å². The van der Waals surface area contributed by atoms with E-state index in [0.717, 1.165) is 41.1 Å². The first kappa shape index (κ1) is 33.6. The predicted octanol–water partition coefficient (Wildman–Crippen LogP) is 5.08. The number of anilines is 1. The van der Waals surface area contributed by atoms with Crippen LogP contribution in [-0.2, 0) is 26.2 Å². The maximum atomic E-state index is 14.2. The van der Waals surface area contributed by atoms with Gasteiger partial charge in [-0.05, 0) is 75.6 Å². The minimum absolute atomic E-state index is 0.0714. The van der Waals surface area contributed by atoms with Gasteiger partial charge in [0.2, 0.25) is 11.8 Å². The summed E-state index contributed by atoms with van der Waals surface area (Å²) in [5.41, 5.74) is 2.15. The van der Waals surface area contributed by atoms with Crippen LogP contribution < -0.4 is 23.8 Å². The molecule has 4 rings (SSSR count). The van der Waals surface area contributed by atoms with Crippen molar-refractivity contribution in [2.45, 2.75) is 70.0 Å². The van der Waals surface area contributed by atoms with Crippen molar-refractivity contribution in [1.29, 1.82) is 0 Å². The topological polar surface area (TPSA) is 114 Å². The van der Waals surface area contributed by atoms with Crippen molar-refractivity contribution in [2.24, 2.45) is 0 Å². The SMILES string of the molecule is CCOc1ccc(N(CC(=O)N(Cc2ccc(C)cc2)C(C)C(=O)NC2CCCC2)S(=O)(=O)c2ccc(OC)c(OC)c2)cc1. The number of nitrogens with zero attached hydrogens (tertiary/aromatic N) is 2. The molecule has 0 aromatic heterocycles. The van der Waals surface area contributed by atoms with Gasteiger partial charge < -0.3 is 24.4 Å². The molecule has 1 fully saturated rings. The van der Waals surface area contributed by atoms with E-state index in [0.29, 0.717) is 18.1 Å². The summed E-state index contributed by atoms with van der Waals surface area (Å²) in [6.45, 7) is 5.54. The first-order valence-corrected chi connectivity index (χ1v) is 16.6. The lowest BCUT2D eigenvalue weighted by Gasteiger charge is -2.32. The van der Waals surface area contributed by atoms with E-state index in [9.17, 15) is 18.0 Å². The van der Waals surface area contributed by atoms with Gasteiger partial charge in [-0.15, -0.1) is 0 Å².